The molecule has 0 saturated carbocycles. The Labute approximate surface area is 173 Å². The van der Waals surface area contributed by atoms with Crippen LogP contribution < -0.4 is 10.1 Å². The van der Waals surface area contributed by atoms with Crippen molar-refractivity contribution in [2.24, 2.45) is 0 Å². The van der Waals surface area contributed by atoms with Crippen LogP contribution in [0.5, 0.6) is 5.75 Å². The summed E-state index contributed by atoms with van der Waals surface area (Å²) in [6, 6.07) is 13.6. The summed E-state index contributed by atoms with van der Waals surface area (Å²) in [5.41, 5.74) is 4.11. The summed E-state index contributed by atoms with van der Waals surface area (Å²) in [5, 5.41) is 2.94. The molecule has 0 saturated heterocycles. The average Bonchev–Trinajstić information content (AvgIpc) is 2.67. The van der Waals surface area contributed by atoms with Crippen LogP contribution in [0.1, 0.15) is 62.6 Å². The number of anilines is 1. The number of hydrogen-bond donors (Lipinski definition) is 1. The first kappa shape index (κ1) is 22.5. The first-order valence-corrected chi connectivity index (χ1v) is 10.1. The smallest absolute Gasteiger partial charge is 0.309 e. The van der Waals surface area contributed by atoms with E-state index in [1.807, 2.05) is 49.4 Å². The summed E-state index contributed by atoms with van der Waals surface area (Å²) in [7, 11) is 0. The molecule has 0 bridgehead atoms. The molecule has 0 fully saturated rings. The third-order valence-corrected chi connectivity index (χ3v) is 4.60. The number of ether oxygens (including phenoxy) is 2. The van der Waals surface area contributed by atoms with Gasteiger partial charge in [-0.15, -0.1) is 0 Å². The molecule has 1 amide bonds. The summed E-state index contributed by atoms with van der Waals surface area (Å²) in [6.45, 7) is 10.2. The molecule has 156 valence electrons. The van der Waals surface area contributed by atoms with E-state index in [1.165, 1.54) is 0 Å². The van der Waals surface area contributed by atoms with E-state index in [0.29, 0.717) is 5.75 Å². The number of carbonyl (C=O) groups is 2. The Balaban J connectivity index is 1.85. The Kier molecular flexibility index (Phi) is 8.25. The van der Waals surface area contributed by atoms with Crippen molar-refractivity contribution in [2.75, 3.05) is 18.5 Å². The first-order chi connectivity index (χ1) is 13.8. The van der Waals surface area contributed by atoms with Crippen molar-refractivity contribution in [1.82, 2.24) is 0 Å². The van der Waals surface area contributed by atoms with Gasteiger partial charge in [-0.2, -0.15) is 0 Å². The standard InChI is InChI=1S/C24H31NO4/c1-16(2)20-7-6-8-21(17(3)4)24(20)25-22(26)15-29-23(27)13-14-28-19-11-9-18(5)10-12-19/h6-12,16-17H,13-15H2,1-5H3,(H,25,26). The van der Waals surface area contributed by atoms with Crippen LogP contribution in [0.2, 0.25) is 0 Å². The van der Waals surface area contributed by atoms with Gasteiger partial charge >= 0.3 is 5.97 Å². The van der Waals surface area contributed by atoms with E-state index in [4.69, 9.17) is 9.47 Å². The Morgan fingerprint density at radius 3 is 2.07 bits per heavy atom. The first-order valence-electron chi connectivity index (χ1n) is 10.1. The van der Waals surface area contributed by atoms with Gasteiger partial charge in [-0.05, 0) is 42.0 Å². The lowest BCUT2D eigenvalue weighted by molar-refractivity contribution is -0.147. The second kappa shape index (κ2) is 10.6. The fraction of sp³-hybridized carbons (Fsp3) is 0.417. The maximum atomic E-state index is 12.4. The lowest BCUT2D eigenvalue weighted by Crippen LogP contribution is -2.23. The van der Waals surface area contributed by atoms with Crippen LogP contribution in [-0.4, -0.2) is 25.1 Å². The highest BCUT2D eigenvalue weighted by molar-refractivity contribution is 5.94. The molecule has 0 spiro atoms. The van der Waals surface area contributed by atoms with Gasteiger partial charge in [-0.25, -0.2) is 0 Å². The monoisotopic (exact) mass is 397 g/mol. The predicted molar refractivity (Wildman–Crippen MR) is 115 cm³/mol. The number of aryl methyl sites for hydroxylation is 1. The lowest BCUT2D eigenvalue weighted by Gasteiger charge is -2.20. The van der Waals surface area contributed by atoms with E-state index in [0.717, 1.165) is 22.4 Å². The van der Waals surface area contributed by atoms with Crippen molar-refractivity contribution < 1.29 is 19.1 Å². The van der Waals surface area contributed by atoms with Crippen molar-refractivity contribution in [3.05, 3.63) is 59.2 Å². The Morgan fingerprint density at radius 1 is 0.931 bits per heavy atom. The van der Waals surface area contributed by atoms with Gasteiger partial charge in [0.2, 0.25) is 0 Å². The van der Waals surface area contributed by atoms with Crippen molar-refractivity contribution in [2.45, 2.75) is 52.9 Å². The number of carbonyl (C=O) groups excluding carboxylic acids is 2. The van der Waals surface area contributed by atoms with E-state index in [1.54, 1.807) is 0 Å². The summed E-state index contributed by atoms with van der Waals surface area (Å²) >= 11 is 0. The SMILES string of the molecule is Cc1ccc(OCCC(=O)OCC(=O)Nc2c(C(C)C)cccc2C(C)C)cc1. The molecule has 2 rings (SSSR count). The molecule has 5 heteroatoms. The fourth-order valence-corrected chi connectivity index (χ4v) is 2.98. The third kappa shape index (κ3) is 6.93. The number of rotatable bonds is 9. The second-order valence-corrected chi connectivity index (χ2v) is 7.74. The quantitative estimate of drug-likeness (QED) is 0.591. The number of hydrogen-bond acceptors (Lipinski definition) is 4. The molecule has 0 aliphatic heterocycles. The molecule has 0 atom stereocenters. The molecule has 0 aromatic heterocycles. The van der Waals surface area contributed by atoms with Crippen LogP contribution in [0.4, 0.5) is 5.69 Å². The third-order valence-electron chi connectivity index (χ3n) is 4.60. The van der Waals surface area contributed by atoms with E-state index in [2.05, 4.69) is 33.0 Å². The van der Waals surface area contributed by atoms with Gasteiger partial charge < -0.3 is 14.8 Å². The van der Waals surface area contributed by atoms with Gasteiger partial charge in [0.25, 0.3) is 5.91 Å². The molecule has 5 nitrogen and oxygen atoms in total. The van der Waals surface area contributed by atoms with Crippen molar-refractivity contribution in [3.8, 4) is 5.75 Å². The minimum absolute atomic E-state index is 0.0843. The van der Waals surface area contributed by atoms with Gasteiger partial charge in [-0.3, -0.25) is 9.59 Å². The topological polar surface area (TPSA) is 64.6 Å². The van der Waals surface area contributed by atoms with Crippen LogP contribution in [-0.2, 0) is 14.3 Å². The number of nitrogens with one attached hydrogen (secondary N) is 1. The zero-order valence-electron chi connectivity index (χ0n) is 18.0. The average molecular weight is 398 g/mol. The molecule has 0 unspecified atom stereocenters. The highest BCUT2D eigenvalue weighted by Gasteiger charge is 2.16. The van der Waals surface area contributed by atoms with Crippen LogP contribution in [0, 0.1) is 6.92 Å². The Hall–Kier alpha value is -2.82. The summed E-state index contributed by atoms with van der Waals surface area (Å²) in [4.78, 5) is 24.3. The number of benzene rings is 2. The number of esters is 1. The normalized spacial score (nSPS) is 10.9. The van der Waals surface area contributed by atoms with E-state index >= 15 is 0 Å². The molecule has 0 aliphatic rings. The van der Waals surface area contributed by atoms with Gasteiger partial charge in [0, 0.05) is 5.69 Å². The van der Waals surface area contributed by atoms with E-state index < -0.39 is 5.97 Å². The second-order valence-electron chi connectivity index (χ2n) is 7.74. The largest absolute Gasteiger partial charge is 0.493 e. The molecule has 1 N–H and O–H groups in total. The summed E-state index contributed by atoms with van der Waals surface area (Å²) < 4.78 is 10.6. The molecular weight excluding hydrogens is 366 g/mol. The number of para-hydroxylation sites is 1. The van der Waals surface area contributed by atoms with Gasteiger partial charge in [0.1, 0.15) is 5.75 Å². The fourth-order valence-electron chi connectivity index (χ4n) is 2.98. The van der Waals surface area contributed by atoms with Crippen LogP contribution in [0.15, 0.2) is 42.5 Å². The molecular formula is C24H31NO4. The molecule has 0 heterocycles. The molecule has 2 aromatic carbocycles. The van der Waals surface area contributed by atoms with Gasteiger partial charge in [-0.1, -0.05) is 63.6 Å². The zero-order valence-corrected chi connectivity index (χ0v) is 18.0. The van der Waals surface area contributed by atoms with Crippen LogP contribution in [0.25, 0.3) is 0 Å². The number of amides is 1. The van der Waals surface area contributed by atoms with E-state index in [-0.39, 0.29) is 37.4 Å². The van der Waals surface area contributed by atoms with Gasteiger partial charge in [0.15, 0.2) is 6.61 Å². The highest BCUT2D eigenvalue weighted by atomic mass is 16.5. The summed E-state index contributed by atoms with van der Waals surface area (Å²) in [6.07, 6.45) is 0.0843. The Bertz CT molecular complexity index is 799. The molecule has 0 radical (unpaired) electrons. The minimum Gasteiger partial charge on any atom is -0.493 e. The minimum atomic E-state index is -0.464. The van der Waals surface area contributed by atoms with E-state index in [9.17, 15) is 9.59 Å². The predicted octanol–water partition coefficient (Wildman–Crippen LogP) is 5.19. The lowest BCUT2D eigenvalue weighted by atomic mass is 9.92. The highest BCUT2D eigenvalue weighted by Crippen LogP contribution is 2.32. The maximum Gasteiger partial charge on any atom is 0.309 e. The molecule has 0 aliphatic carbocycles. The van der Waals surface area contributed by atoms with Crippen molar-refractivity contribution in [1.29, 1.82) is 0 Å². The van der Waals surface area contributed by atoms with Gasteiger partial charge in [0.05, 0.1) is 13.0 Å². The maximum absolute atomic E-state index is 12.4. The molecule has 2 aromatic rings. The Morgan fingerprint density at radius 2 is 1.52 bits per heavy atom. The van der Waals surface area contributed by atoms with Crippen LogP contribution in [0.3, 0.4) is 0 Å². The summed E-state index contributed by atoms with van der Waals surface area (Å²) in [5.74, 6) is 0.435. The zero-order chi connectivity index (χ0) is 21.4. The van der Waals surface area contributed by atoms with Crippen molar-refractivity contribution in [3.63, 3.8) is 0 Å². The molecule has 29 heavy (non-hydrogen) atoms. The van der Waals surface area contributed by atoms with Crippen LogP contribution >= 0.6 is 0 Å². The van der Waals surface area contributed by atoms with Crippen molar-refractivity contribution >= 4 is 17.6 Å².